The molecule has 0 spiro atoms. The fourth-order valence-corrected chi connectivity index (χ4v) is 4.73. The van der Waals surface area contributed by atoms with Crippen molar-refractivity contribution in [1.82, 2.24) is 14.8 Å². The van der Waals surface area contributed by atoms with Gasteiger partial charge in [-0.05, 0) is 38.3 Å². The van der Waals surface area contributed by atoms with Gasteiger partial charge in [0.05, 0.1) is 18.0 Å². The Bertz CT molecular complexity index is 787. The lowest BCUT2D eigenvalue weighted by atomic mass is 9.86. The first kappa shape index (κ1) is 21.7. The van der Waals surface area contributed by atoms with Crippen LogP contribution in [0.5, 0.6) is 5.75 Å². The van der Waals surface area contributed by atoms with Gasteiger partial charge in [0.25, 0.3) is 0 Å². The van der Waals surface area contributed by atoms with E-state index >= 15 is 0 Å². The summed E-state index contributed by atoms with van der Waals surface area (Å²) in [6, 6.07) is 7.50. The second kappa shape index (κ2) is 11.2. The third-order valence-electron chi connectivity index (χ3n) is 5.40. The van der Waals surface area contributed by atoms with Gasteiger partial charge < -0.3 is 14.6 Å². The van der Waals surface area contributed by atoms with Gasteiger partial charge in [0.1, 0.15) is 11.6 Å². The number of ether oxygens (including phenoxy) is 1. The summed E-state index contributed by atoms with van der Waals surface area (Å²) in [5.74, 6) is 2.79. The molecule has 2 aromatic rings. The van der Waals surface area contributed by atoms with Crippen molar-refractivity contribution in [3.05, 3.63) is 30.1 Å². The number of benzene rings is 1. The quantitative estimate of drug-likeness (QED) is 0.556. The standard InChI is InChI=1S/C22H32N4O2S/c1-3-26-20(15-14-17-10-6-5-7-11-17)24-25-22(26)29-16-21(27)23-18-12-8-9-13-19(18)28-4-2/h8-9,12-13,17H,3-7,10-11,14-16H2,1-2H3,(H,23,27). The predicted octanol–water partition coefficient (Wildman–Crippen LogP) is 4.94. The van der Waals surface area contributed by atoms with E-state index in [1.165, 1.54) is 50.3 Å². The molecule has 0 bridgehead atoms. The maximum atomic E-state index is 12.4. The molecule has 158 valence electrons. The number of aromatic nitrogens is 3. The van der Waals surface area contributed by atoms with E-state index in [1.54, 1.807) is 0 Å². The Kier molecular flexibility index (Phi) is 8.40. The molecule has 29 heavy (non-hydrogen) atoms. The van der Waals surface area contributed by atoms with Crippen LogP contribution in [0.3, 0.4) is 0 Å². The van der Waals surface area contributed by atoms with E-state index in [0.717, 1.165) is 29.9 Å². The largest absolute Gasteiger partial charge is 0.492 e. The number of hydrogen-bond donors (Lipinski definition) is 1. The van der Waals surface area contributed by atoms with E-state index in [1.807, 2.05) is 31.2 Å². The lowest BCUT2D eigenvalue weighted by Crippen LogP contribution is -2.15. The summed E-state index contributed by atoms with van der Waals surface area (Å²) in [5, 5.41) is 12.5. The molecule has 1 aliphatic carbocycles. The van der Waals surface area contributed by atoms with E-state index in [4.69, 9.17) is 4.74 Å². The molecule has 0 unspecified atom stereocenters. The van der Waals surface area contributed by atoms with Crippen LogP contribution >= 0.6 is 11.8 Å². The summed E-state index contributed by atoms with van der Waals surface area (Å²) >= 11 is 1.44. The smallest absolute Gasteiger partial charge is 0.234 e. The average Bonchev–Trinajstić information content (AvgIpc) is 3.15. The SMILES string of the molecule is CCOc1ccccc1NC(=O)CSc1nnc(CCC2CCCCC2)n1CC. The highest BCUT2D eigenvalue weighted by Crippen LogP contribution is 2.28. The number of carbonyl (C=O) groups excluding carboxylic acids is 1. The first-order chi connectivity index (χ1) is 14.2. The van der Waals surface area contributed by atoms with E-state index in [9.17, 15) is 4.79 Å². The zero-order valence-electron chi connectivity index (χ0n) is 17.5. The first-order valence-corrected chi connectivity index (χ1v) is 11.8. The van der Waals surface area contributed by atoms with Crippen LogP contribution in [0.2, 0.25) is 0 Å². The molecule has 1 amide bonds. The average molecular weight is 417 g/mol. The van der Waals surface area contributed by atoms with E-state index in [-0.39, 0.29) is 5.91 Å². The summed E-state index contributed by atoms with van der Waals surface area (Å²) in [6.07, 6.45) is 9.00. The number of para-hydroxylation sites is 2. The molecule has 1 saturated carbocycles. The predicted molar refractivity (Wildman–Crippen MR) is 118 cm³/mol. The number of hydrogen-bond acceptors (Lipinski definition) is 5. The van der Waals surface area contributed by atoms with Crippen molar-refractivity contribution in [3.63, 3.8) is 0 Å². The highest BCUT2D eigenvalue weighted by atomic mass is 32.2. The maximum absolute atomic E-state index is 12.4. The van der Waals surface area contributed by atoms with Gasteiger partial charge >= 0.3 is 0 Å². The number of nitrogens with one attached hydrogen (secondary N) is 1. The molecular formula is C22H32N4O2S. The lowest BCUT2D eigenvalue weighted by molar-refractivity contribution is -0.113. The lowest BCUT2D eigenvalue weighted by Gasteiger charge is -2.21. The molecule has 1 aromatic heterocycles. The van der Waals surface area contributed by atoms with Crippen molar-refractivity contribution >= 4 is 23.4 Å². The van der Waals surface area contributed by atoms with Crippen LogP contribution in [-0.2, 0) is 17.8 Å². The molecule has 1 aliphatic rings. The van der Waals surface area contributed by atoms with Crippen LogP contribution < -0.4 is 10.1 Å². The van der Waals surface area contributed by atoms with Crippen molar-refractivity contribution < 1.29 is 9.53 Å². The van der Waals surface area contributed by atoms with Gasteiger partial charge in [-0.2, -0.15) is 0 Å². The number of nitrogens with zero attached hydrogens (tertiary/aromatic N) is 3. The normalized spacial score (nSPS) is 14.7. The molecular weight excluding hydrogens is 384 g/mol. The van der Waals surface area contributed by atoms with E-state index in [2.05, 4.69) is 27.0 Å². The summed E-state index contributed by atoms with van der Waals surface area (Å²) in [6.45, 7) is 5.42. The third kappa shape index (κ3) is 6.23. The molecule has 3 rings (SSSR count). The van der Waals surface area contributed by atoms with Crippen LogP contribution in [0.25, 0.3) is 0 Å². The molecule has 0 radical (unpaired) electrons. The Morgan fingerprint density at radius 2 is 2.00 bits per heavy atom. The minimum Gasteiger partial charge on any atom is -0.492 e. The van der Waals surface area contributed by atoms with E-state index in [0.29, 0.717) is 23.8 Å². The molecule has 0 atom stereocenters. The number of carbonyl (C=O) groups is 1. The van der Waals surface area contributed by atoms with Crippen LogP contribution in [-0.4, -0.2) is 33.0 Å². The van der Waals surface area contributed by atoms with Crippen molar-refractivity contribution in [2.45, 2.75) is 70.5 Å². The zero-order chi connectivity index (χ0) is 20.5. The molecule has 0 saturated heterocycles. The van der Waals surface area contributed by atoms with E-state index < -0.39 is 0 Å². The van der Waals surface area contributed by atoms with Crippen molar-refractivity contribution in [1.29, 1.82) is 0 Å². The highest BCUT2D eigenvalue weighted by Gasteiger charge is 2.17. The Morgan fingerprint density at radius 1 is 1.21 bits per heavy atom. The summed E-state index contributed by atoms with van der Waals surface area (Å²) in [4.78, 5) is 12.4. The van der Waals surface area contributed by atoms with Crippen molar-refractivity contribution in [2.24, 2.45) is 5.92 Å². The molecule has 1 aromatic carbocycles. The Labute approximate surface area is 177 Å². The number of amides is 1. The molecule has 6 nitrogen and oxygen atoms in total. The highest BCUT2D eigenvalue weighted by molar-refractivity contribution is 7.99. The molecule has 1 heterocycles. The van der Waals surface area contributed by atoms with Gasteiger partial charge in [-0.15, -0.1) is 10.2 Å². The fraction of sp³-hybridized carbons (Fsp3) is 0.591. The summed E-state index contributed by atoms with van der Waals surface area (Å²) in [7, 11) is 0. The third-order valence-corrected chi connectivity index (χ3v) is 6.37. The zero-order valence-corrected chi connectivity index (χ0v) is 18.3. The minimum atomic E-state index is -0.0726. The second-order valence-electron chi connectivity index (χ2n) is 7.45. The summed E-state index contributed by atoms with van der Waals surface area (Å²) in [5.41, 5.74) is 0.699. The van der Waals surface area contributed by atoms with Gasteiger partial charge in [-0.1, -0.05) is 56.0 Å². The number of thioether (sulfide) groups is 1. The minimum absolute atomic E-state index is 0.0726. The van der Waals surface area contributed by atoms with Gasteiger partial charge in [-0.3, -0.25) is 4.79 Å². The van der Waals surface area contributed by atoms with Gasteiger partial charge in [0.15, 0.2) is 5.16 Å². The Hall–Kier alpha value is -2.02. The molecule has 1 fully saturated rings. The Morgan fingerprint density at radius 3 is 2.76 bits per heavy atom. The Balaban J connectivity index is 1.53. The topological polar surface area (TPSA) is 69.0 Å². The van der Waals surface area contributed by atoms with Gasteiger partial charge in [0, 0.05) is 13.0 Å². The summed E-state index contributed by atoms with van der Waals surface area (Å²) < 4.78 is 7.72. The van der Waals surface area contributed by atoms with Crippen molar-refractivity contribution in [2.75, 3.05) is 17.7 Å². The first-order valence-electron chi connectivity index (χ1n) is 10.8. The molecule has 0 aliphatic heterocycles. The van der Waals surface area contributed by atoms with Crippen LogP contribution in [0, 0.1) is 5.92 Å². The van der Waals surface area contributed by atoms with Gasteiger partial charge in [-0.25, -0.2) is 0 Å². The van der Waals surface area contributed by atoms with Crippen LogP contribution in [0.1, 0.15) is 58.2 Å². The fourth-order valence-electron chi connectivity index (χ4n) is 3.91. The number of anilines is 1. The van der Waals surface area contributed by atoms with Crippen molar-refractivity contribution in [3.8, 4) is 5.75 Å². The maximum Gasteiger partial charge on any atom is 0.234 e. The van der Waals surface area contributed by atoms with Crippen LogP contribution in [0.4, 0.5) is 5.69 Å². The molecule has 1 N–H and O–H groups in total. The van der Waals surface area contributed by atoms with Crippen LogP contribution in [0.15, 0.2) is 29.4 Å². The van der Waals surface area contributed by atoms with Gasteiger partial charge in [0.2, 0.25) is 5.91 Å². The number of rotatable bonds is 10. The molecule has 7 heteroatoms. The second-order valence-corrected chi connectivity index (χ2v) is 8.39. The monoisotopic (exact) mass is 416 g/mol. The number of aryl methyl sites for hydroxylation is 1.